The number of hydrogen-bond acceptors (Lipinski definition) is 3. The number of rotatable bonds is 3. The summed E-state index contributed by atoms with van der Waals surface area (Å²) in [4.78, 5) is -0.590. The van der Waals surface area contributed by atoms with E-state index in [2.05, 4.69) is 20.7 Å². The minimum Gasteiger partial charge on any atom is -0.326 e. The van der Waals surface area contributed by atoms with Crippen LogP contribution in [0.5, 0.6) is 0 Å². The van der Waals surface area contributed by atoms with Crippen molar-refractivity contribution in [3.8, 4) is 0 Å². The highest BCUT2D eigenvalue weighted by molar-refractivity contribution is 9.10. The molecule has 0 amide bonds. The first-order valence-corrected chi connectivity index (χ1v) is 8.01. The van der Waals surface area contributed by atoms with E-state index in [9.17, 15) is 17.2 Å². The van der Waals surface area contributed by atoms with Gasteiger partial charge in [-0.05, 0) is 34.8 Å². The fourth-order valence-electron chi connectivity index (χ4n) is 2.18. The second-order valence-corrected chi connectivity index (χ2v) is 7.03. The number of hydrogen-bond donors (Lipinski definition) is 2. The molecule has 0 radical (unpaired) electrons. The highest BCUT2D eigenvalue weighted by Gasteiger charge is 2.31. The zero-order valence-electron chi connectivity index (χ0n) is 9.87. The van der Waals surface area contributed by atoms with E-state index in [0.717, 1.165) is 18.9 Å². The van der Waals surface area contributed by atoms with Gasteiger partial charge in [0.25, 0.3) is 0 Å². The van der Waals surface area contributed by atoms with Crippen LogP contribution in [0.2, 0.25) is 0 Å². The molecule has 1 saturated carbocycles. The maximum Gasteiger partial charge on any atom is 0.244 e. The van der Waals surface area contributed by atoms with Gasteiger partial charge in [-0.15, -0.1) is 0 Å². The molecular weight excluding hydrogens is 342 g/mol. The normalized spacial score (nSPS) is 23.8. The quantitative estimate of drug-likeness (QED) is 0.870. The lowest BCUT2D eigenvalue weighted by atomic mass is 10.2. The van der Waals surface area contributed by atoms with Crippen molar-refractivity contribution >= 4 is 26.0 Å². The third-order valence-electron chi connectivity index (χ3n) is 3.11. The van der Waals surface area contributed by atoms with Gasteiger partial charge >= 0.3 is 0 Å². The molecule has 3 N–H and O–H groups in total. The van der Waals surface area contributed by atoms with Crippen LogP contribution >= 0.6 is 15.9 Å². The van der Waals surface area contributed by atoms with E-state index in [4.69, 9.17) is 5.73 Å². The zero-order chi connectivity index (χ0) is 14.2. The predicted molar refractivity (Wildman–Crippen MR) is 70.0 cm³/mol. The van der Waals surface area contributed by atoms with Crippen LogP contribution in [0.25, 0.3) is 0 Å². The summed E-state index contributed by atoms with van der Waals surface area (Å²) >= 11 is 2.87. The SMILES string of the molecule is NC1CCCC1NS(=O)(=O)c1c(F)cc(F)cc1Br. The maximum atomic E-state index is 13.7. The Bertz CT molecular complexity index is 571. The third kappa shape index (κ3) is 3.13. The highest BCUT2D eigenvalue weighted by atomic mass is 79.9. The lowest BCUT2D eigenvalue weighted by molar-refractivity contribution is 0.510. The molecular formula is C11H13BrF2N2O2S. The lowest BCUT2D eigenvalue weighted by Gasteiger charge is -2.18. The molecule has 0 heterocycles. The molecule has 0 aromatic heterocycles. The molecule has 2 atom stereocenters. The fraction of sp³-hybridized carbons (Fsp3) is 0.455. The molecule has 8 heteroatoms. The van der Waals surface area contributed by atoms with E-state index >= 15 is 0 Å². The number of benzene rings is 1. The van der Waals surface area contributed by atoms with Crippen molar-refractivity contribution < 1.29 is 17.2 Å². The summed E-state index contributed by atoms with van der Waals surface area (Å²) in [6, 6.07) is 0.749. The minimum absolute atomic E-state index is 0.149. The monoisotopic (exact) mass is 354 g/mol. The summed E-state index contributed by atoms with van der Waals surface area (Å²) < 4.78 is 53.1. The molecule has 0 bridgehead atoms. The second-order valence-electron chi connectivity index (χ2n) is 4.52. The first-order chi connectivity index (χ1) is 8.81. The van der Waals surface area contributed by atoms with E-state index in [-0.39, 0.29) is 10.5 Å². The highest BCUT2D eigenvalue weighted by Crippen LogP contribution is 2.27. The predicted octanol–water partition coefficient (Wildman–Crippen LogP) is 1.89. The van der Waals surface area contributed by atoms with Crippen molar-refractivity contribution in [3.05, 3.63) is 28.2 Å². The van der Waals surface area contributed by atoms with Crippen LogP contribution in [-0.4, -0.2) is 20.5 Å². The molecule has 1 aliphatic rings. The maximum absolute atomic E-state index is 13.7. The smallest absolute Gasteiger partial charge is 0.244 e. The van der Waals surface area contributed by atoms with Crippen molar-refractivity contribution in [2.45, 2.75) is 36.2 Å². The van der Waals surface area contributed by atoms with Gasteiger partial charge in [0, 0.05) is 22.6 Å². The van der Waals surface area contributed by atoms with Crippen LogP contribution in [0.1, 0.15) is 19.3 Å². The van der Waals surface area contributed by atoms with Crippen LogP contribution in [0, 0.1) is 11.6 Å². The van der Waals surface area contributed by atoms with Gasteiger partial charge in [0.05, 0.1) is 0 Å². The Hall–Kier alpha value is -0.570. The lowest BCUT2D eigenvalue weighted by Crippen LogP contribution is -2.44. The molecule has 2 unspecified atom stereocenters. The average molecular weight is 355 g/mol. The molecule has 1 fully saturated rings. The van der Waals surface area contributed by atoms with Crippen molar-refractivity contribution in [1.82, 2.24) is 4.72 Å². The van der Waals surface area contributed by atoms with E-state index in [0.29, 0.717) is 12.5 Å². The standard InChI is InChI=1S/C11H13BrF2N2O2S/c12-7-4-6(13)5-8(14)11(7)19(17,18)16-10-3-1-2-9(10)15/h4-5,9-10,16H,1-3,15H2. The van der Waals surface area contributed by atoms with Crippen molar-refractivity contribution in [1.29, 1.82) is 0 Å². The summed E-state index contributed by atoms with van der Waals surface area (Å²) in [5.74, 6) is -1.98. The Kier molecular flexibility index (Phi) is 4.24. The van der Waals surface area contributed by atoms with E-state index in [1.807, 2.05) is 0 Å². The molecule has 1 aliphatic carbocycles. The topological polar surface area (TPSA) is 72.2 Å². The van der Waals surface area contributed by atoms with Crippen LogP contribution in [0.3, 0.4) is 0 Å². The molecule has 106 valence electrons. The Morgan fingerprint density at radius 3 is 2.53 bits per heavy atom. The minimum atomic E-state index is -4.07. The molecule has 1 aromatic rings. The van der Waals surface area contributed by atoms with Gasteiger partial charge in [-0.1, -0.05) is 6.42 Å². The number of halogens is 3. The third-order valence-corrected chi connectivity index (χ3v) is 5.56. The van der Waals surface area contributed by atoms with Gasteiger partial charge in [-0.2, -0.15) is 0 Å². The first-order valence-electron chi connectivity index (χ1n) is 5.74. The Morgan fingerprint density at radius 1 is 1.32 bits per heavy atom. The van der Waals surface area contributed by atoms with Gasteiger partial charge < -0.3 is 5.73 Å². The molecule has 1 aromatic carbocycles. The van der Waals surface area contributed by atoms with Crippen molar-refractivity contribution in [2.75, 3.05) is 0 Å². The van der Waals surface area contributed by atoms with Gasteiger partial charge in [0.15, 0.2) is 0 Å². The summed E-state index contributed by atoms with van der Waals surface area (Å²) in [6.45, 7) is 0. The molecule has 2 rings (SSSR count). The first kappa shape index (κ1) is 14.8. The molecule has 0 aliphatic heterocycles. The largest absolute Gasteiger partial charge is 0.326 e. The summed E-state index contributed by atoms with van der Waals surface area (Å²) in [6.07, 6.45) is 2.16. The van der Waals surface area contributed by atoms with Crippen LogP contribution in [-0.2, 0) is 10.0 Å². The van der Waals surface area contributed by atoms with Gasteiger partial charge in [0.2, 0.25) is 10.0 Å². The van der Waals surface area contributed by atoms with Gasteiger partial charge in [-0.25, -0.2) is 21.9 Å². The summed E-state index contributed by atoms with van der Waals surface area (Å²) in [7, 11) is -4.07. The number of sulfonamides is 1. The fourth-order valence-corrected chi connectivity index (χ4v) is 4.67. The van der Waals surface area contributed by atoms with E-state index < -0.39 is 32.6 Å². The summed E-state index contributed by atoms with van der Waals surface area (Å²) in [5.41, 5.74) is 5.77. The number of nitrogens with one attached hydrogen (secondary N) is 1. The van der Waals surface area contributed by atoms with Crippen LogP contribution in [0.4, 0.5) is 8.78 Å². The average Bonchev–Trinajstić information content (AvgIpc) is 2.61. The van der Waals surface area contributed by atoms with E-state index in [1.54, 1.807) is 0 Å². The molecule has 19 heavy (non-hydrogen) atoms. The molecule has 0 spiro atoms. The molecule has 4 nitrogen and oxygen atoms in total. The Morgan fingerprint density at radius 2 is 2.00 bits per heavy atom. The number of nitrogens with two attached hydrogens (primary N) is 1. The molecule has 0 saturated heterocycles. The van der Waals surface area contributed by atoms with Crippen LogP contribution in [0.15, 0.2) is 21.5 Å². The van der Waals surface area contributed by atoms with Crippen molar-refractivity contribution in [2.24, 2.45) is 5.73 Å². The van der Waals surface area contributed by atoms with Gasteiger partial charge in [-0.3, -0.25) is 0 Å². The Labute approximate surface area is 118 Å². The zero-order valence-corrected chi connectivity index (χ0v) is 12.3. The van der Waals surface area contributed by atoms with Crippen LogP contribution < -0.4 is 10.5 Å². The van der Waals surface area contributed by atoms with E-state index in [1.165, 1.54) is 0 Å². The summed E-state index contributed by atoms with van der Waals surface area (Å²) in [5, 5.41) is 0. The van der Waals surface area contributed by atoms with Gasteiger partial charge in [0.1, 0.15) is 16.5 Å². The Balaban J connectivity index is 2.34. The second kappa shape index (κ2) is 5.43. The van der Waals surface area contributed by atoms with Crippen molar-refractivity contribution in [3.63, 3.8) is 0 Å².